The monoisotopic (exact) mass is 367 g/mol. The summed E-state index contributed by atoms with van der Waals surface area (Å²) >= 11 is 1.59. The summed E-state index contributed by atoms with van der Waals surface area (Å²) in [6.07, 6.45) is 0. The van der Waals surface area contributed by atoms with Gasteiger partial charge in [-0.05, 0) is 26.0 Å². The third kappa shape index (κ3) is 3.78. The van der Waals surface area contributed by atoms with Gasteiger partial charge in [0.25, 0.3) is 5.69 Å². The first-order valence-electron chi connectivity index (χ1n) is 8.00. The van der Waals surface area contributed by atoms with E-state index >= 15 is 0 Å². The molecule has 1 aromatic heterocycles. The second-order valence-corrected chi connectivity index (χ2v) is 7.18. The first-order chi connectivity index (χ1) is 12.5. The Labute approximate surface area is 154 Å². The Balaban J connectivity index is 1.86. The fraction of sp³-hybridized carbons (Fsp3) is 0.158. The first-order valence-corrected chi connectivity index (χ1v) is 8.82. The van der Waals surface area contributed by atoms with E-state index in [-0.39, 0.29) is 17.0 Å². The molecule has 3 aromatic rings. The highest BCUT2D eigenvalue weighted by Crippen LogP contribution is 2.28. The van der Waals surface area contributed by atoms with Crippen molar-refractivity contribution in [2.75, 3.05) is 5.32 Å². The molecule has 0 aliphatic heterocycles. The highest BCUT2D eigenvalue weighted by molar-refractivity contribution is 7.11. The predicted octanol–water partition coefficient (Wildman–Crippen LogP) is 4.51. The molecule has 0 aliphatic rings. The number of aromatic nitrogens is 1. The van der Waals surface area contributed by atoms with E-state index in [9.17, 15) is 14.9 Å². The molecule has 0 fully saturated rings. The molecule has 0 spiro atoms. The van der Waals surface area contributed by atoms with Crippen LogP contribution in [0.25, 0.3) is 0 Å². The summed E-state index contributed by atoms with van der Waals surface area (Å²) in [6.45, 7) is 4.29. The SMILES string of the molecule is Cc1nc(CNc2ccc(C(=O)c3ccccc3)cc2[N+](=O)[O-])c(C)s1. The van der Waals surface area contributed by atoms with Crippen LogP contribution in [-0.4, -0.2) is 15.7 Å². The van der Waals surface area contributed by atoms with Gasteiger partial charge < -0.3 is 5.32 Å². The molecule has 1 N–H and O–H groups in total. The maximum atomic E-state index is 12.5. The van der Waals surface area contributed by atoms with Crippen LogP contribution in [0.2, 0.25) is 0 Å². The number of nitrogens with one attached hydrogen (secondary N) is 1. The lowest BCUT2D eigenvalue weighted by Gasteiger charge is -2.08. The molecule has 0 bridgehead atoms. The summed E-state index contributed by atoms with van der Waals surface area (Å²) in [5, 5.41) is 15.5. The molecule has 0 radical (unpaired) electrons. The van der Waals surface area contributed by atoms with Gasteiger partial charge in [0.1, 0.15) is 5.69 Å². The zero-order valence-corrected chi connectivity index (χ0v) is 15.2. The van der Waals surface area contributed by atoms with E-state index in [1.54, 1.807) is 47.7 Å². The minimum Gasteiger partial charge on any atom is -0.374 e. The summed E-state index contributed by atoms with van der Waals surface area (Å²) in [5.41, 5.74) is 1.89. The fourth-order valence-electron chi connectivity index (χ4n) is 2.64. The zero-order valence-electron chi connectivity index (χ0n) is 14.4. The van der Waals surface area contributed by atoms with Gasteiger partial charge in [-0.15, -0.1) is 11.3 Å². The third-order valence-electron chi connectivity index (χ3n) is 3.94. The Morgan fingerprint density at radius 2 is 1.88 bits per heavy atom. The van der Waals surface area contributed by atoms with Crippen LogP contribution in [0.15, 0.2) is 48.5 Å². The van der Waals surface area contributed by atoms with Crippen LogP contribution in [0, 0.1) is 24.0 Å². The molecular formula is C19H17N3O3S. The Morgan fingerprint density at radius 3 is 2.50 bits per heavy atom. The Kier molecular flexibility index (Phi) is 5.09. The van der Waals surface area contributed by atoms with Gasteiger partial charge in [0.2, 0.25) is 0 Å². The van der Waals surface area contributed by atoms with Crippen LogP contribution in [-0.2, 0) is 6.54 Å². The molecule has 132 valence electrons. The van der Waals surface area contributed by atoms with Crippen molar-refractivity contribution in [2.45, 2.75) is 20.4 Å². The summed E-state index contributed by atoms with van der Waals surface area (Å²) in [4.78, 5) is 29.0. The molecule has 0 amide bonds. The molecule has 0 saturated heterocycles. The van der Waals surface area contributed by atoms with E-state index in [2.05, 4.69) is 10.3 Å². The second-order valence-electron chi connectivity index (χ2n) is 5.77. The Bertz CT molecular complexity index is 967. The van der Waals surface area contributed by atoms with E-state index in [0.29, 0.717) is 17.8 Å². The number of rotatable bonds is 6. The van der Waals surface area contributed by atoms with Gasteiger partial charge >= 0.3 is 0 Å². The molecular weight excluding hydrogens is 350 g/mol. The number of thiazole rings is 1. The highest BCUT2D eigenvalue weighted by Gasteiger charge is 2.19. The van der Waals surface area contributed by atoms with Crippen molar-refractivity contribution in [1.82, 2.24) is 4.98 Å². The first kappa shape index (κ1) is 17.8. The second kappa shape index (κ2) is 7.45. The van der Waals surface area contributed by atoms with Gasteiger partial charge in [0.05, 0.1) is 22.2 Å². The van der Waals surface area contributed by atoms with E-state index in [4.69, 9.17) is 0 Å². The topological polar surface area (TPSA) is 85.1 Å². The average Bonchev–Trinajstić information content (AvgIpc) is 2.97. The number of anilines is 1. The van der Waals surface area contributed by atoms with Crippen LogP contribution in [0.3, 0.4) is 0 Å². The average molecular weight is 367 g/mol. The number of carbonyl (C=O) groups is 1. The smallest absolute Gasteiger partial charge is 0.293 e. The molecule has 6 nitrogen and oxygen atoms in total. The number of nitrogens with zero attached hydrogens (tertiary/aromatic N) is 2. The van der Waals surface area contributed by atoms with E-state index in [1.165, 1.54) is 6.07 Å². The maximum absolute atomic E-state index is 12.5. The van der Waals surface area contributed by atoms with Crippen LogP contribution in [0.4, 0.5) is 11.4 Å². The number of hydrogen-bond donors (Lipinski definition) is 1. The van der Waals surface area contributed by atoms with Crippen molar-refractivity contribution in [3.63, 3.8) is 0 Å². The molecule has 3 rings (SSSR count). The van der Waals surface area contributed by atoms with E-state index < -0.39 is 4.92 Å². The number of carbonyl (C=O) groups excluding carboxylic acids is 1. The lowest BCUT2D eigenvalue weighted by atomic mass is 10.0. The van der Waals surface area contributed by atoms with E-state index in [1.807, 2.05) is 19.9 Å². The lowest BCUT2D eigenvalue weighted by molar-refractivity contribution is -0.384. The van der Waals surface area contributed by atoms with Crippen molar-refractivity contribution >= 4 is 28.5 Å². The number of benzene rings is 2. The molecule has 1 heterocycles. The lowest BCUT2D eigenvalue weighted by Crippen LogP contribution is -2.06. The van der Waals surface area contributed by atoms with Gasteiger partial charge in [0, 0.05) is 22.1 Å². The molecule has 0 atom stereocenters. The van der Waals surface area contributed by atoms with Gasteiger partial charge in [-0.1, -0.05) is 30.3 Å². The maximum Gasteiger partial charge on any atom is 0.293 e. The molecule has 0 saturated carbocycles. The van der Waals surface area contributed by atoms with Crippen molar-refractivity contribution in [3.8, 4) is 0 Å². The molecule has 7 heteroatoms. The van der Waals surface area contributed by atoms with Gasteiger partial charge in [-0.3, -0.25) is 14.9 Å². The summed E-state index contributed by atoms with van der Waals surface area (Å²) in [5.74, 6) is -0.244. The van der Waals surface area contributed by atoms with Gasteiger partial charge in [-0.2, -0.15) is 0 Å². The Morgan fingerprint density at radius 1 is 1.15 bits per heavy atom. The number of nitro benzene ring substituents is 1. The summed E-state index contributed by atoms with van der Waals surface area (Å²) in [7, 11) is 0. The molecule has 0 aliphatic carbocycles. The quantitative estimate of drug-likeness (QED) is 0.393. The van der Waals surface area contributed by atoms with Crippen LogP contribution >= 0.6 is 11.3 Å². The Hall–Kier alpha value is -3.06. The number of nitro groups is 1. The molecule has 2 aromatic carbocycles. The van der Waals surface area contributed by atoms with Crippen molar-refractivity contribution in [2.24, 2.45) is 0 Å². The van der Waals surface area contributed by atoms with Crippen molar-refractivity contribution in [1.29, 1.82) is 0 Å². The summed E-state index contributed by atoms with van der Waals surface area (Å²) in [6, 6.07) is 13.2. The van der Waals surface area contributed by atoms with Crippen molar-refractivity contribution < 1.29 is 9.72 Å². The number of hydrogen-bond acceptors (Lipinski definition) is 6. The van der Waals surface area contributed by atoms with Gasteiger partial charge in [0.15, 0.2) is 5.78 Å². The summed E-state index contributed by atoms with van der Waals surface area (Å²) < 4.78 is 0. The van der Waals surface area contributed by atoms with Crippen LogP contribution in [0.1, 0.15) is 31.5 Å². The van der Waals surface area contributed by atoms with Gasteiger partial charge in [-0.25, -0.2) is 4.98 Å². The van der Waals surface area contributed by atoms with E-state index in [0.717, 1.165) is 15.6 Å². The number of ketones is 1. The number of aryl methyl sites for hydroxylation is 2. The minimum atomic E-state index is -0.483. The highest BCUT2D eigenvalue weighted by atomic mass is 32.1. The third-order valence-corrected chi connectivity index (χ3v) is 4.87. The van der Waals surface area contributed by atoms with Crippen molar-refractivity contribution in [3.05, 3.63) is 85.4 Å². The zero-order chi connectivity index (χ0) is 18.7. The molecule has 26 heavy (non-hydrogen) atoms. The normalized spacial score (nSPS) is 10.5. The predicted molar refractivity (Wildman–Crippen MR) is 102 cm³/mol. The largest absolute Gasteiger partial charge is 0.374 e. The minimum absolute atomic E-state index is 0.128. The fourth-order valence-corrected chi connectivity index (χ4v) is 3.48. The molecule has 0 unspecified atom stereocenters. The van der Waals surface area contributed by atoms with Crippen LogP contribution in [0.5, 0.6) is 0 Å². The standard InChI is InChI=1S/C19H17N3O3S/c1-12-17(21-13(2)26-12)11-20-16-9-8-15(10-18(16)22(24)25)19(23)14-6-4-3-5-7-14/h3-10,20H,11H2,1-2H3. The van der Waals surface area contributed by atoms with Crippen LogP contribution < -0.4 is 5.32 Å².